The molecule has 6 nitrogen and oxygen atoms in total. The molecule has 0 radical (unpaired) electrons. The largest absolute Gasteiger partial charge is 0.394 e. The van der Waals surface area contributed by atoms with Gasteiger partial charge in [-0.15, -0.1) is 0 Å². The molecule has 1 unspecified atom stereocenters. The Morgan fingerprint density at radius 2 is 1.50 bits per heavy atom. The number of hydrogen-bond donors (Lipinski definition) is 4. The molecule has 4 N–H and O–H groups in total. The molecule has 64 valence electrons. The molecule has 0 saturated carbocycles. The molecule has 0 aliphatic carbocycles. The number of aliphatic hydroxyl groups excluding tert-OH is 2. The normalized spacial score (nSPS) is 13.3. The molecule has 0 aliphatic heterocycles. The second kappa shape index (κ2) is 5.50. The van der Waals surface area contributed by atoms with Crippen molar-refractivity contribution < 1.29 is 32.1 Å². The molecule has 0 rings (SSSR count). The van der Waals surface area contributed by atoms with E-state index in [4.69, 9.17) is 27.7 Å². The van der Waals surface area contributed by atoms with E-state index in [1.165, 1.54) is 0 Å². The summed E-state index contributed by atoms with van der Waals surface area (Å²) in [5, 5.41) is 15.0. The van der Waals surface area contributed by atoms with Crippen LogP contribution >= 0.6 is 0 Å². The predicted octanol–water partition coefficient (Wildman–Crippen LogP) is -1.39. The van der Waals surface area contributed by atoms with Gasteiger partial charge in [0.1, 0.15) is 0 Å². The van der Waals surface area contributed by atoms with Gasteiger partial charge in [-0.3, -0.25) is 9.11 Å². The van der Waals surface area contributed by atoms with Gasteiger partial charge in [-0.1, -0.05) is 0 Å². The highest BCUT2D eigenvalue weighted by Crippen LogP contribution is 1.74. The highest BCUT2D eigenvalue weighted by atomic mass is 32.3. The molecule has 0 aromatic carbocycles. The maximum Gasteiger partial charge on any atom is 0.394 e. The third-order valence-electron chi connectivity index (χ3n) is 0.151. The topological polar surface area (TPSA) is 115 Å². The Morgan fingerprint density at radius 3 is 1.50 bits per heavy atom. The van der Waals surface area contributed by atoms with Gasteiger partial charge >= 0.3 is 10.4 Å². The van der Waals surface area contributed by atoms with Crippen molar-refractivity contribution in [3.8, 4) is 0 Å². The van der Waals surface area contributed by atoms with Gasteiger partial charge in [-0.05, 0) is 0 Å². The highest BCUT2D eigenvalue weighted by Gasteiger charge is 1.89. The van der Waals surface area contributed by atoms with Crippen molar-refractivity contribution in [1.29, 1.82) is 0 Å². The fourth-order valence-corrected chi connectivity index (χ4v) is 0. The molecule has 0 amide bonds. The lowest BCUT2D eigenvalue weighted by molar-refractivity contribution is -0.00745. The molecular weight excluding hydrogens is 171 g/mol. The second-order valence-electron chi connectivity index (χ2n) is 1.06. The van der Waals surface area contributed by atoms with Crippen LogP contribution in [0.1, 0.15) is 0 Å². The fourth-order valence-electron chi connectivity index (χ4n) is 0. The lowest BCUT2D eigenvalue weighted by Gasteiger charge is -1.85. The van der Waals surface area contributed by atoms with Crippen molar-refractivity contribution in [1.82, 2.24) is 0 Å². The van der Waals surface area contributed by atoms with Crippen molar-refractivity contribution in [2.45, 2.75) is 6.36 Å². The van der Waals surface area contributed by atoms with Crippen molar-refractivity contribution >= 4 is 10.4 Å². The number of aliphatic hydroxyl groups is 2. The van der Waals surface area contributed by atoms with Gasteiger partial charge in [-0.25, -0.2) is 4.39 Å². The van der Waals surface area contributed by atoms with Crippen LogP contribution in [0.4, 0.5) is 4.39 Å². The van der Waals surface area contributed by atoms with E-state index in [9.17, 15) is 4.39 Å². The number of rotatable bonds is 1. The first kappa shape index (κ1) is 12.4. The van der Waals surface area contributed by atoms with Crippen LogP contribution in [0.25, 0.3) is 0 Å². The molecule has 10 heavy (non-hydrogen) atoms. The zero-order chi connectivity index (χ0) is 8.78. The fraction of sp³-hybridized carbons (Fsp3) is 1.00. The van der Waals surface area contributed by atoms with Gasteiger partial charge in [0, 0.05) is 0 Å². The first-order valence-electron chi connectivity index (χ1n) is 1.90. The molecule has 0 aromatic heterocycles. The van der Waals surface area contributed by atoms with Crippen LogP contribution in [0.3, 0.4) is 0 Å². The summed E-state index contributed by atoms with van der Waals surface area (Å²) in [5.41, 5.74) is 0. The van der Waals surface area contributed by atoms with Gasteiger partial charge in [-0.2, -0.15) is 8.42 Å². The van der Waals surface area contributed by atoms with Gasteiger partial charge in [0.2, 0.25) is 6.36 Å². The van der Waals surface area contributed by atoms with Crippen LogP contribution in [0.15, 0.2) is 0 Å². The molecule has 0 heterocycles. The Kier molecular flexibility index (Phi) is 6.82. The van der Waals surface area contributed by atoms with E-state index in [2.05, 4.69) is 0 Å². The van der Waals surface area contributed by atoms with E-state index in [0.29, 0.717) is 0 Å². The van der Waals surface area contributed by atoms with Crippen molar-refractivity contribution in [3.05, 3.63) is 0 Å². The number of halogens is 1. The number of alkyl halides is 1. The summed E-state index contributed by atoms with van der Waals surface area (Å²) in [4.78, 5) is 0. The van der Waals surface area contributed by atoms with Crippen LogP contribution in [0.2, 0.25) is 0 Å². The van der Waals surface area contributed by atoms with Crippen LogP contribution in [-0.4, -0.2) is 40.7 Å². The third-order valence-corrected chi connectivity index (χ3v) is 0.151. The summed E-state index contributed by atoms with van der Waals surface area (Å²) in [6, 6.07) is 0. The number of hydrogen-bond acceptors (Lipinski definition) is 4. The zero-order valence-corrected chi connectivity index (χ0v) is 5.49. The van der Waals surface area contributed by atoms with Crippen molar-refractivity contribution in [2.75, 3.05) is 6.61 Å². The molecule has 0 fully saturated rings. The van der Waals surface area contributed by atoms with Gasteiger partial charge in [0.25, 0.3) is 0 Å². The molecular formula is C2H7FO6S. The van der Waals surface area contributed by atoms with E-state index < -0.39 is 23.4 Å². The maximum absolute atomic E-state index is 10.7. The Morgan fingerprint density at radius 1 is 1.40 bits per heavy atom. The SMILES string of the molecule is O=S(=O)(O)O.OCC(O)F. The summed E-state index contributed by atoms with van der Waals surface area (Å²) in [6.07, 6.45) is -2.06. The van der Waals surface area contributed by atoms with Crippen molar-refractivity contribution in [3.63, 3.8) is 0 Å². The lowest BCUT2D eigenvalue weighted by atomic mass is 10.8. The average molecular weight is 178 g/mol. The monoisotopic (exact) mass is 178 g/mol. The van der Waals surface area contributed by atoms with Gasteiger partial charge in [0.15, 0.2) is 0 Å². The van der Waals surface area contributed by atoms with E-state index in [0.717, 1.165) is 0 Å². The predicted molar refractivity (Wildman–Crippen MR) is 28.4 cm³/mol. The molecule has 1 atom stereocenters. The third kappa shape index (κ3) is 118. The molecule has 0 bridgehead atoms. The zero-order valence-electron chi connectivity index (χ0n) is 4.68. The molecule has 0 aromatic rings. The minimum Gasteiger partial charge on any atom is -0.391 e. The summed E-state index contributed by atoms with van der Waals surface area (Å²) >= 11 is 0. The van der Waals surface area contributed by atoms with Gasteiger partial charge in [0.05, 0.1) is 6.61 Å². The van der Waals surface area contributed by atoms with E-state index in [1.54, 1.807) is 0 Å². The molecule has 8 heteroatoms. The van der Waals surface area contributed by atoms with E-state index in [-0.39, 0.29) is 0 Å². The average Bonchev–Trinajstić information content (AvgIpc) is 1.61. The molecule has 0 aliphatic rings. The van der Waals surface area contributed by atoms with Gasteiger partial charge < -0.3 is 10.2 Å². The summed E-state index contributed by atoms with van der Waals surface area (Å²) in [5.74, 6) is 0. The minimum absolute atomic E-state index is 0.806. The van der Waals surface area contributed by atoms with E-state index >= 15 is 0 Å². The van der Waals surface area contributed by atoms with Crippen LogP contribution in [0, 0.1) is 0 Å². The van der Waals surface area contributed by atoms with Crippen molar-refractivity contribution in [2.24, 2.45) is 0 Å². The maximum atomic E-state index is 10.7. The molecule has 0 spiro atoms. The summed E-state index contributed by atoms with van der Waals surface area (Å²) in [7, 11) is -4.67. The standard InChI is InChI=1S/C2H5FO2.H2O4S/c3-2(5)1-4;1-5(2,3)4/h2,4-5H,1H2;(H2,1,2,3,4). The minimum atomic E-state index is -4.67. The van der Waals surface area contributed by atoms with Crippen LogP contribution < -0.4 is 0 Å². The Labute approximate surface area is 56.5 Å². The molecule has 0 saturated heterocycles. The summed E-state index contributed by atoms with van der Waals surface area (Å²) in [6.45, 7) is -0.806. The van der Waals surface area contributed by atoms with Crippen LogP contribution in [-0.2, 0) is 10.4 Å². The first-order chi connectivity index (χ1) is 4.27. The second-order valence-corrected chi connectivity index (χ2v) is 1.96. The Hall–Kier alpha value is -0.280. The lowest BCUT2D eigenvalue weighted by Crippen LogP contribution is -2.01. The smallest absolute Gasteiger partial charge is 0.391 e. The Balaban J connectivity index is 0. The summed E-state index contributed by atoms with van der Waals surface area (Å²) < 4.78 is 42.3. The Bertz CT molecular complexity index is 141. The highest BCUT2D eigenvalue weighted by molar-refractivity contribution is 7.79. The van der Waals surface area contributed by atoms with Crippen LogP contribution in [0.5, 0.6) is 0 Å². The quantitative estimate of drug-likeness (QED) is 0.367. The van der Waals surface area contributed by atoms with E-state index in [1.807, 2.05) is 0 Å². The first-order valence-corrected chi connectivity index (χ1v) is 3.30.